The number of hydrogen-bond acceptors (Lipinski definition) is 2. The van der Waals surface area contributed by atoms with Gasteiger partial charge in [0.2, 0.25) is 0 Å². The highest BCUT2D eigenvalue weighted by Gasteiger charge is 2.18. The minimum Gasteiger partial charge on any atom is -0.495 e. The Morgan fingerprint density at radius 1 is 1.35 bits per heavy atom. The molecule has 1 aromatic rings. The van der Waals surface area contributed by atoms with Crippen LogP contribution < -0.4 is 10.5 Å². The molecule has 0 aliphatic carbocycles. The lowest BCUT2D eigenvalue weighted by molar-refractivity contribution is 0.405. The maximum absolute atomic E-state index is 5.89. The second kappa shape index (κ2) is 5.40. The Bertz CT molecular complexity index is 394. The highest BCUT2D eigenvalue weighted by molar-refractivity contribution is 9.10. The Morgan fingerprint density at radius 2 is 1.94 bits per heavy atom. The molecule has 1 rings (SSSR count). The van der Waals surface area contributed by atoms with Crippen molar-refractivity contribution in [3.05, 3.63) is 27.7 Å². The van der Waals surface area contributed by atoms with Gasteiger partial charge in [-0.3, -0.25) is 0 Å². The Hall–Kier alpha value is -0.540. The average Bonchev–Trinajstić information content (AvgIpc) is 2.14. The van der Waals surface area contributed by atoms with Gasteiger partial charge in [0.05, 0.1) is 11.6 Å². The number of nitrogens with two attached hydrogens (primary N) is 1. The lowest BCUT2D eigenvalue weighted by Crippen LogP contribution is -2.19. The monoisotopic (exact) mass is 299 g/mol. The summed E-state index contributed by atoms with van der Waals surface area (Å²) in [6.45, 7) is 8.63. The number of ether oxygens (including phenoxy) is 1. The van der Waals surface area contributed by atoms with Crippen LogP contribution >= 0.6 is 15.9 Å². The summed E-state index contributed by atoms with van der Waals surface area (Å²) in [5.41, 5.74) is 8.47. The summed E-state index contributed by atoms with van der Waals surface area (Å²) < 4.78 is 6.45. The molecule has 96 valence electrons. The highest BCUT2D eigenvalue weighted by atomic mass is 79.9. The largest absolute Gasteiger partial charge is 0.495 e. The van der Waals surface area contributed by atoms with Gasteiger partial charge in [-0.1, -0.05) is 26.8 Å². The fraction of sp³-hybridized carbons (Fsp3) is 0.571. The van der Waals surface area contributed by atoms with Gasteiger partial charge in [0.15, 0.2) is 0 Å². The van der Waals surface area contributed by atoms with Gasteiger partial charge in [-0.2, -0.15) is 0 Å². The van der Waals surface area contributed by atoms with Crippen LogP contribution in [-0.4, -0.2) is 13.2 Å². The zero-order valence-corrected chi connectivity index (χ0v) is 12.9. The van der Waals surface area contributed by atoms with E-state index in [-0.39, 0.29) is 11.5 Å². The molecule has 0 spiro atoms. The summed E-state index contributed by atoms with van der Waals surface area (Å²) in [6, 6.07) is 4.46. The van der Waals surface area contributed by atoms with Gasteiger partial charge in [-0.25, -0.2) is 0 Å². The first-order chi connectivity index (χ1) is 7.75. The zero-order valence-electron chi connectivity index (χ0n) is 11.3. The molecule has 1 aromatic carbocycles. The number of hydrogen-bond donors (Lipinski definition) is 1. The molecule has 0 saturated heterocycles. The van der Waals surface area contributed by atoms with Crippen LogP contribution in [0.4, 0.5) is 0 Å². The van der Waals surface area contributed by atoms with Crippen molar-refractivity contribution in [2.75, 3.05) is 7.11 Å². The number of methoxy groups -OCH3 is 1. The highest BCUT2D eigenvalue weighted by Crippen LogP contribution is 2.35. The minimum atomic E-state index is 0.126. The van der Waals surface area contributed by atoms with E-state index in [0.29, 0.717) is 0 Å². The third-order valence-corrected chi connectivity index (χ3v) is 3.32. The Kier molecular flexibility index (Phi) is 4.62. The van der Waals surface area contributed by atoms with Crippen LogP contribution in [0, 0.1) is 0 Å². The quantitative estimate of drug-likeness (QED) is 0.925. The molecule has 0 fully saturated rings. The van der Waals surface area contributed by atoms with E-state index < -0.39 is 0 Å². The molecule has 17 heavy (non-hydrogen) atoms. The zero-order chi connectivity index (χ0) is 13.2. The fourth-order valence-corrected chi connectivity index (χ4v) is 2.47. The van der Waals surface area contributed by atoms with Crippen molar-refractivity contribution in [1.82, 2.24) is 0 Å². The Balaban J connectivity index is 3.28. The van der Waals surface area contributed by atoms with Crippen molar-refractivity contribution in [2.24, 2.45) is 5.73 Å². The van der Waals surface area contributed by atoms with E-state index in [1.54, 1.807) is 7.11 Å². The molecule has 0 aliphatic rings. The molecular formula is C14H22BrNO. The minimum absolute atomic E-state index is 0.126. The van der Waals surface area contributed by atoms with E-state index in [2.05, 4.69) is 48.8 Å². The summed E-state index contributed by atoms with van der Waals surface area (Å²) in [5.74, 6) is 0.898. The number of rotatable bonds is 3. The van der Waals surface area contributed by atoms with Gasteiger partial charge in [0.25, 0.3) is 0 Å². The molecular weight excluding hydrogens is 278 g/mol. The maximum atomic E-state index is 5.89. The van der Waals surface area contributed by atoms with E-state index in [4.69, 9.17) is 10.5 Å². The molecule has 3 heteroatoms. The van der Waals surface area contributed by atoms with Crippen LogP contribution in [0.2, 0.25) is 0 Å². The van der Waals surface area contributed by atoms with E-state index >= 15 is 0 Å². The van der Waals surface area contributed by atoms with E-state index in [9.17, 15) is 0 Å². The molecule has 0 bridgehead atoms. The van der Waals surface area contributed by atoms with Gasteiger partial charge in [0.1, 0.15) is 5.75 Å². The van der Waals surface area contributed by atoms with Crippen LogP contribution in [0.25, 0.3) is 0 Å². The predicted octanol–water partition coefficient (Wildman–Crippen LogP) is 3.64. The Morgan fingerprint density at radius 3 is 2.35 bits per heavy atom. The lowest BCUT2D eigenvalue weighted by Gasteiger charge is -2.22. The molecule has 1 unspecified atom stereocenters. The van der Waals surface area contributed by atoms with Crippen molar-refractivity contribution in [1.29, 1.82) is 0 Å². The smallest absolute Gasteiger partial charge is 0.136 e. The average molecular weight is 300 g/mol. The van der Waals surface area contributed by atoms with Gasteiger partial charge in [0, 0.05) is 6.04 Å². The summed E-state index contributed by atoms with van der Waals surface area (Å²) in [6.07, 6.45) is 0.825. The summed E-state index contributed by atoms with van der Waals surface area (Å²) in [5, 5.41) is 0. The van der Waals surface area contributed by atoms with Crippen LogP contribution in [0.3, 0.4) is 0 Å². The topological polar surface area (TPSA) is 35.2 Å². The Labute approximate surface area is 113 Å². The van der Waals surface area contributed by atoms with E-state index in [1.165, 1.54) is 11.1 Å². The SMILES string of the molecule is COc1c(Br)cc(C(C)(C)C)cc1CC(C)N. The first-order valence-corrected chi connectivity index (χ1v) is 6.67. The maximum Gasteiger partial charge on any atom is 0.136 e. The summed E-state index contributed by atoms with van der Waals surface area (Å²) in [4.78, 5) is 0. The second-order valence-corrected chi connectivity index (χ2v) is 6.44. The van der Waals surface area contributed by atoms with Gasteiger partial charge < -0.3 is 10.5 Å². The molecule has 0 radical (unpaired) electrons. The molecule has 0 amide bonds. The van der Waals surface area contributed by atoms with Gasteiger partial charge >= 0.3 is 0 Å². The molecule has 0 aliphatic heterocycles. The molecule has 0 saturated carbocycles. The van der Waals surface area contributed by atoms with Crippen LogP contribution in [0.1, 0.15) is 38.8 Å². The standard InChI is InChI=1S/C14H22BrNO/c1-9(16)6-10-7-11(14(2,3)4)8-12(15)13(10)17-5/h7-9H,6,16H2,1-5H3. The molecule has 0 heterocycles. The van der Waals surface area contributed by atoms with Crippen LogP contribution in [0.15, 0.2) is 16.6 Å². The molecule has 1 atom stereocenters. The van der Waals surface area contributed by atoms with E-state index in [1.807, 2.05) is 6.92 Å². The fourth-order valence-electron chi connectivity index (χ4n) is 1.81. The second-order valence-electron chi connectivity index (χ2n) is 5.58. The summed E-state index contributed by atoms with van der Waals surface area (Å²) >= 11 is 3.57. The van der Waals surface area contributed by atoms with Crippen molar-refractivity contribution in [3.63, 3.8) is 0 Å². The number of benzene rings is 1. The van der Waals surface area contributed by atoms with Crippen molar-refractivity contribution in [3.8, 4) is 5.75 Å². The molecule has 2 N–H and O–H groups in total. The third kappa shape index (κ3) is 3.71. The first-order valence-electron chi connectivity index (χ1n) is 5.88. The lowest BCUT2D eigenvalue weighted by atomic mass is 9.85. The first kappa shape index (κ1) is 14.5. The normalized spacial score (nSPS) is 13.6. The molecule has 2 nitrogen and oxygen atoms in total. The van der Waals surface area contributed by atoms with E-state index in [0.717, 1.165) is 16.6 Å². The third-order valence-electron chi connectivity index (χ3n) is 2.73. The van der Waals surface area contributed by atoms with Crippen LogP contribution in [0.5, 0.6) is 5.75 Å². The van der Waals surface area contributed by atoms with Crippen LogP contribution in [-0.2, 0) is 11.8 Å². The number of halogens is 1. The summed E-state index contributed by atoms with van der Waals surface area (Å²) in [7, 11) is 1.70. The van der Waals surface area contributed by atoms with Crippen molar-refractivity contribution < 1.29 is 4.74 Å². The van der Waals surface area contributed by atoms with Gasteiger partial charge in [-0.05, 0) is 51.9 Å². The molecule has 0 aromatic heterocycles. The van der Waals surface area contributed by atoms with Gasteiger partial charge in [-0.15, -0.1) is 0 Å². The predicted molar refractivity (Wildman–Crippen MR) is 76.7 cm³/mol. The van der Waals surface area contributed by atoms with Crippen molar-refractivity contribution in [2.45, 2.75) is 45.6 Å². The van der Waals surface area contributed by atoms with Crippen molar-refractivity contribution >= 4 is 15.9 Å².